The fourth-order valence-corrected chi connectivity index (χ4v) is 8.64. The van der Waals surface area contributed by atoms with Gasteiger partial charge in [-0.2, -0.15) is 0 Å². The lowest BCUT2D eigenvalue weighted by Gasteiger charge is -2.31. The number of hydrogen-bond acceptors (Lipinski definition) is 6. The number of H-pyrrole nitrogens is 2. The molecule has 14 heteroatoms. The zero-order valence-corrected chi connectivity index (χ0v) is 33.2. The molecule has 0 aliphatic carbocycles. The average molecular weight is 807 g/mol. The van der Waals surface area contributed by atoms with Gasteiger partial charge in [-0.05, 0) is 61.8 Å². The molecule has 0 spiro atoms. The molecule has 60 heavy (non-hydrogen) atoms. The van der Waals surface area contributed by atoms with Crippen LogP contribution in [0.1, 0.15) is 86.5 Å². The van der Waals surface area contributed by atoms with Crippen molar-refractivity contribution in [1.29, 1.82) is 0 Å². The highest BCUT2D eigenvalue weighted by Crippen LogP contribution is 2.39. The number of carbonyl (C=O) groups is 4. The summed E-state index contributed by atoms with van der Waals surface area (Å²) in [6.45, 7) is 3.95. The van der Waals surface area contributed by atoms with Crippen molar-refractivity contribution < 1.29 is 29.4 Å². The molecular weight excluding hydrogens is 761 g/mol. The molecule has 2 saturated heterocycles. The van der Waals surface area contributed by atoms with E-state index in [9.17, 15) is 29.4 Å². The number of rotatable bonds is 11. The number of likely N-dealkylation sites (tertiary alicyclic amines) is 2. The Hall–Kier alpha value is -7.22. The van der Waals surface area contributed by atoms with E-state index in [1.54, 1.807) is 58.3 Å². The minimum atomic E-state index is -1.27. The van der Waals surface area contributed by atoms with E-state index in [0.717, 1.165) is 46.5 Å². The van der Waals surface area contributed by atoms with Crippen molar-refractivity contribution in [2.24, 2.45) is 0 Å². The predicted molar refractivity (Wildman–Crippen MR) is 224 cm³/mol. The molecule has 306 valence electrons. The molecule has 4 aromatic carbocycles. The van der Waals surface area contributed by atoms with Crippen LogP contribution in [-0.2, 0) is 9.59 Å². The number of carbonyl (C=O) groups excluding carboxylic acids is 2. The lowest BCUT2D eigenvalue weighted by atomic mass is 10.0. The molecule has 0 saturated carbocycles. The summed E-state index contributed by atoms with van der Waals surface area (Å²) in [5, 5.41) is 24.0. The maximum atomic E-state index is 13.9. The number of aromatic nitrogens is 4. The summed E-state index contributed by atoms with van der Waals surface area (Å²) in [5.74, 6) is 0.677. The first-order chi connectivity index (χ1) is 29.0. The smallest absolute Gasteiger partial charge is 0.405 e. The fourth-order valence-electron chi connectivity index (χ4n) is 8.64. The van der Waals surface area contributed by atoms with Crippen LogP contribution in [0.25, 0.3) is 33.6 Å². The molecule has 6 atom stereocenters. The number of benzene rings is 4. The second-order valence-electron chi connectivity index (χ2n) is 15.5. The van der Waals surface area contributed by atoms with Gasteiger partial charge in [-0.15, -0.1) is 0 Å². The minimum Gasteiger partial charge on any atom is -0.465 e. The Morgan fingerprint density at radius 1 is 0.550 bits per heavy atom. The molecule has 14 nitrogen and oxygen atoms in total. The zero-order chi connectivity index (χ0) is 41.9. The molecule has 4 amide bonds. The van der Waals surface area contributed by atoms with Gasteiger partial charge in [-0.25, -0.2) is 19.6 Å². The quantitative estimate of drug-likeness (QED) is 0.0752. The molecule has 2 aliphatic rings. The molecule has 0 radical (unpaired) electrons. The van der Waals surface area contributed by atoms with Gasteiger partial charge in [0.2, 0.25) is 0 Å². The van der Waals surface area contributed by atoms with E-state index >= 15 is 0 Å². The van der Waals surface area contributed by atoms with Gasteiger partial charge >= 0.3 is 12.2 Å². The van der Waals surface area contributed by atoms with Crippen molar-refractivity contribution in [2.45, 2.75) is 75.8 Å². The fraction of sp³-hybridized carbons (Fsp3) is 0.261. The third-order valence-corrected chi connectivity index (χ3v) is 11.7. The highest BCUT2D eigenvalue weighted by atomic mass is 16.4. The van der Waals surface area contributed by atoms with Gasteiger partial charge in [0.25, 0.3) is 11.8 Å². The second-order valence-corrected chi connectivity index (χ2v) is 15.5. The van der Waals surface area contributed by atoms with E-state index in [-0.39, 0.29) is 36.0 Å². The first-order valence-electron chi connectivity index (χ1n) is 20.1. The highest BCUT2D eigenvalue weighted by Gasteiger charge is 2.42. The molecule has 6 aromatic rings. The first-order valence-corrected chi connectivity index (χ1v) is 20.1. The van der Waals surface area contributed by atoms with Crippen LogP contribution in [0.3, 0.4) is 0 Å². The second kappa shape index (κ2) is 16.9. The van der Waals surface area contributed by atoms with Crippen LogP contribution in [0.5, 0.6) is 0 Å². The van der Waals surface area contributed by atoms with E-state index in [1.807, 2.05) is 86.9 Å². The molecule has 6 N–H and O–H groups in total. The normalized spacial score (nSPS) is 19.8. The van der Waals surface area contributed by atoms with Crippen molar-refractivity contribution >= 4 is 24.0 Å². The third kappa shape index (κ3) is 8.08. The first kappa shape index (κ1) is 39.6. The third-order valence-electron chi connectivity index (χ3n) is 11.7. The summed E-state index contributed by atoms with van der Waals surface area (Å²) in [7, 11) is 0. The predicted octanol–water partition coefficient (Wildman–Crippen LogP) is 8.26. The van der Waals surface area contributed by atoms with Crippen molar-refractivity contribution in [2.75, 3.05) is 0 Å². The summed E-state index contributed by atoms with van der Waals surface area (Å²) in [6.07, 6.45) is 4.06. The van der Waals surface area contributed by atoms with Gasteiger partial charge in [-0.3, -0.25) is 9.59 Å². The molecule has 8 rings (SSSR count). The number of carboxylic acid groups (broad SMARTS) is 2. The van der Waals surface area contributed by atoms with Crippen LogP contribution in [0.4, 0.5) is 9.59 Å². The lowest BCUT2D eigenvalue weighted by molar-refractivity contribution is -0.137. The van der Waals surface area contributed by atoms with Crippen LogP contribution in [0.2, 0.25) is 0 Å². The van der Waals surface area contributed by atoms with Gasteiger partial charge in [-0.1, -0.05) is 109 Å². The van der Waals surface area contributed by atoms with Crippen LogP contribution in [0.15, 0.2) is 122 Å². The van der Waals surface area contributed by atoms with Gasteiger partial charge < -0.3 is 40.6 Å². The van der Waals surface area contributed by atoms with Crippen molar-refractivity contribution in [3.05, 3.63) is 144 Å². The minimum absolute atomic E-state index is 0.0985. The van der Waals surface area contributed by atoms with Gasteiger partial charge in [0, 0.05) is 35.6 Å². The molecule has 2 aromatic heterocycles. The summed E-state index contributed by atoms with van der Waals surface area (Å²) in [4.78, 5) is 71.2. The zero-order valence-electron chi connectivity index (χ0n) is 33.2. The van der Waals surface area contributed by atoms with Gasteiger partial charge in [0.05, 0.1) is 23.5 Å². The van der Waals surface area contributed by atoms with Gasteiger partial charge in [0.15, 0.2) is 0 Å². The van der Waals surface area contributed by atoms with E-state index in [2.05, 4.69) is 20.6 Å². The van der Waals surface area contributed by atoms with E-state index < -0.39 is 24.3 Å². The number of hydrogen-bond donors (Lipinski definition) is 6. The monoisotopic (exact) mass is 806 g/mol. The molecule has 0 unspecified atom stereocenters. The SMILES string of the molecule is C[C@H]1CC[C@@H](c2nc(-c3ccc(-c4ccc(-c5c[nH]c([C@@H]6CC[C@H](C)N6C(=O)[C@H](NC(=O)O)c6ccccc6)n5)cc4)cc3)c[nH]2)N1C(=O)[C@H](NC(=O)O)c1ccccc1. The van der Waals surface area contributed by atoms with Crippen molar-refractivity contribution in [1.82, 2.24) is 40.4 Å². The molecule has 0 bridgehead atoms. The Labute approximate surface area is 346 Å². The van der Waals surface area contributed by atoms with E-state index in [1.165, 1.54) is 0 Å². The van der Waals surface area contributed by atoms with E-state index in [0.29, 0.717) is 35.6 Å². The number of aromatic amines is 2. The summed E-state index contributed by atoms with van der Waals surface area (Å²) in [5.41, 5.74) is 6.47. The Bertz CT molecular complexity index is 2300. The Morgan fingerprint density at radius 3 is 1.25 bits per heavy atom. The Morgan fingerprint density at radius 2 is 0.900 bits per heavy atom. The Kier molecular flexibility index (Phi) is 11.2. The largest absolute Gasteiger partial charge is 0.465 e. The van der Waals surface area contributed by atoms with Crippen molar-refractivity contribution in [3.63, 3.8) is 0 Å². The summed E-state index contributed by atoms with van der Waals surface area (Å²) >= 11 is 0. The molecule has 2 fully saturated rings. The van der Waals surface area contributed by atoms with Crippen LogP contribution >= 0.6 is 0 Å². The molecule has 4 heterocycles. The average Bonchev–Trinajstić information content (AvgIpc) is 4.09. The maximum absolute atomic E-state index is 13.9. The topological polar surface area (TPSA) is 197 Å². The number of imidazole rings is 2. The van der Waals surface area contributed by atoms with Crippen LogP contribution in [0, 0.1) is 0 Å². The van der Waals surface area contributed by atoms with Gasteiger partial charge in [0.1, 0.15) is 23.7 Å². The number of nitrogens with one attached hydrogen (secondary N) is 4. The highest BCUT2D eigenvalue weighted by molar-refractivity contribution is 5.88. The maximum Gasteiger partial charge on any atom is 0.405 e. The lowest BCUT2D eigenvalue weighted by Crippen LogP contribution is -2.45. The molecule has 2 aliphatic heterocycles. The Balaban J connectivity index is 0.946. The van der Waals surface area contributed by atoms with Crippen LogP contribution < -0.4 is 10.6 Å². The summed E-state index contributed by atoms with van der Waals surface area (Å²) < 4.78 is 0. The number of amides is 4. The number of nitrogens with zero attached hydrogens (tertiary/aromatic N) is 4. The van der Waals surface area contributed by atoms with E-state index in [4.69, 9.17) is 9.97 Å². The summed E-state index contributed by atoms with van der Waals surface area (Å²) in [6, 6.07) is 31.0. The van der Waals surface area contributed by atoms with Crippen molar-refractivity contribution in [3.8, 4) is 33.6 Å². The van der Waals surface area contributed by atoms with Crippen LogP contribution in [-0.4, -0.2) is 76.0 Å². The molecular formula is C46H46N8O6. The standard InChI is InChI=1S/C46H46N8O6/c1-27-13-23-37(53(27)43(55)39(51-45(57)58)33-9-5-3-6-10-33)41-47-25-35(49-41)31-19-15-29(16-20-31)30-17-21-32(22-18-30)36-26-48-42(50-36)38-24-14-28(2)54(38)44(56)40(52-46(59)60)34-11-7-4-8-12-34/h3-12,15-22,25-28,37-40,51-52H,13-14,23-24H2,1-2H3,(H,47,49)(H,48,50)(H,57,58)(H,59,60)/t27-,28-,37-,38-,39+,40+/m0/s1.